The third kappa shape index (κ3) is 3.80. The van der Waals surface area contributed by atoms with Crippen molar-refractivity contribution in [3.05, 3.63) is 29.3 Å². The minimum atomic E-state index is -0.838. The highest BCUT2D eigenvalue weighted by molar-refractivity contribution is 5.69. The molecule has 1 aromatic carbocycles. The second kappa shape index (κ2) is 5.90. The number of aryl methyl sites for hydroxylation is 1. The Morgan fingerprint density at radius 3 is 2.82 bits per heavy atom. The van der Waals surface area contributed by atoms with Gasteiger partial charge in [0, 0.05) is 6.04 Å². The van der Waals surface area contributed by atoms with Gasteiger partial charge in [-0.2, -0.15) is 5.26 Å². The van der Waals surface area contributed by atoms with Gasteiger partial charge in [0.25, 0.3) is 0 Å². The highest BCUT2D eigenvalue weighted by Crippen LogP contribution is 2.18. The first-order chi connectivity index (χ1) is 8.06. The number of carbonyl (C=O) groups is 1. The molecule has 0 amide bonds. The summed E-state index contributed by atoms with van der Waals surface area (Å²) in [4.78, 5) is 10.7. The zero-order valence-electron chi connectivity index (χ0n) is 10.0. The topological polar surface area (TPSA) is 73.1 Å². The molecule has 1 unspecified atom stereocenters. The van der Waals surface area contributed by atoms with Crippen LogP contribution >= 0.6 is 0 Å². The van der Waals surface area contributed by atoms with E-state index in [1.54, 1.807) is 6.07 Å². The SMILES string of the molecule is CCC(CC(=O)O)Nc1ccc(C)cc1C#N. The van der Waals surface area contributed by atoms with E-state index in [-0.39, 0.29) is 12.5 Å². The summed E-state index contributed by atoms with van der Waals surface area (Å²) < 4.78 is 0. The smallest absolute Gasteiger partial charge is 0.305 e. The number of nitriles is 1. The number of carboxylic acids is 1. The summed E-state index contributed by atoms with van der Waals surface area (Å²) in [6.45, 7) is 3.83. The van der Waals surface area contributed by atoms with Crippen LogP contribution in [0.1, 0.15) is 30.9 Å². The number of anilines is 1. The van der Waals surface area contributed by atoms with E-state index in [1.807, 2.05) is 26.0 Å². The fraction of sp³-hybridized carbons (Fsp3) is 0.385. The molecule has 0 fully saturated rings. The quantitative estimate of drug-likeness (QED) is 0.818. The van der Waals surface area contributed by atoms with Crippen molar-refractivity contribution in [1.82, 2.24) is 0 Å². The lowest BCUT2D eigenvalue weighted by molar-refractivity contribution is -0.137. The monoisotopic (exact) mass is 232 g/mol. The third-order valence-corrected chi connectivity index (χ3v) is 2.57. The van der Waals surface area contributed by atoms with E-state index in [4.69, 9.17) is 10.4 Å². The van der Waals surface area contributed by atoms with Crippen LogP contribution < -0.4 is 5.32 Å². The van der Waals surface area contributed by atoms with Crippen LogP contribution in [-0.4, -0.2) is 17.1 Å². The number of rotatable bonds is 5. The number of nitrogens with one attached hydrogen (secondary N) is 1. The van der Waals surface area contributed by atoms with Crippen molar-refractivity contribution in [3.63, 3.8) is 0 Å². The highest BCUT2D eigenvalue weighted by atomic mass is 16.4. The predicted molar refractivity (Wildman–Crippen MR) is 65.8 cm³/mol. The van der Waals surface area contributed by atoms with E-state index < -0.39 is 5.97 Å². The Balaban J connectivity index is 2.86. The van der Waals surface area contributed by atoms with Gasteiger partial charge in [-0.3, -0.25) is 4.79 Å². The first kappa shape index (κ1) is 13.0. The van der Waals surface area contributed by atoms with Crippen LogP contribution in [0.2, 0.25) is 0 Å². The number of hydrogen-bond acceptors (Lipinski definition) is 3. The molecule has 90 valence electrons. The van der Waals surface area contributed by atoms with Crippen LogP contribution in [0, 0.1) is 18.3 Å². The Morgan fingerprint density at radius 1 is 1.59 bits per heavy atom. The highest BCUT2D eigenvalue weighted by Gasteiger charge is 2.12. The van der Waals surface area contributed by atoms with Gasteiger partial charge in [-0.15, -0.1) is 0 Å². The van der Waals surface area contributed by atoms with Crippen molar-refractivity contribution >= 4 is 11.7 Å². The molecule has 0 heterocycles. The number of hydrogen-bond donors (Lipinski definition) is 2. The summed E-state index contributed by atoms with van der Waals surface area (Å²) in [6, 6.07) is 7.46. The van der Waals surface area contributed by atoms with Crippen molar-refractivity contribution in [2.75, 3.05) is 5.32 Å². The van der Waals surface area contributed by atoms with Gasteiger partial charge in [0.2, 0.25) is 0 Å². The number of benzene rings is 1. The Kier molecular flexibility index (Phi) is 4.53. The van der Waals surface area contributed by atoms with Gasteiger partial charge in [-0.05, 0) is 31.0 Å². The van der Waals surface area contributed by atoms with Gasteiger partial charge in [0.05, 0.1) is 17.7 Å². The average Bonchev–Trinajstić information content (AvgIpc) is 2.29. The van der Waals surface area contributed by atoms with Crippen LogP contribution in [0.3, 0.4) is 0 Å². The van der Waals surface area contributed by atoms with E-state index in [2.05, 4.69) is 11.4 Å². The fourth-order valence-corrected chi connectivity index (χ4v) is 1.60. The lowest BCUT2D eigenvalue weighted by Crippen LogP contribution is -2.22. The molecule has 1 aromatic rings. The van der Waals surface area contributed by atoms with E-state index in [0.29, 0.717) is 17.7 Å². The molecular formula is C13H16N2O2. The van der Waals surface area contributed by atoms with Gasteiger partial charge in [-0.1, -0.05) is 13.0 Å². The largest absolute Gasteiger partial charge is 0.481 e. The zero-order valence-corrected chi connectivity index (χ0v) is 10.0. The van der Waals surface area contributed by atoms with E-state index in [0.717, 1.165) is 5.56 Å². The van der Waals surface area contributed by atoms with Crippen molar-refractivity contribution in [1.29, 1.82) is 5.26 Å². The second-order valence-electron chi connectivity index (χ2n) is 4.01. The van der Waals surface area contributed by atoms with E-state index in [1.165, 1.54) is 0 Å². The Hall–Kier alpha value is -2.02. The van der Waals surface area contributed by atoms with Crippen LogP contribution in [0.5, 0.6) is 0 Å². The average molecular weight is 232 g/mol. The molecule has 17 heavy (non-hydrogen) atoms. The first-order valence-electron chi connectivity index (χ1n) is 5.56. The molecule has 0 saturated heterocycles. The van der Waals surface area contributed by atoms with Crippen molar-refractivity contribution in [2.24, 2.45) is 0 Å². The third-order valence-electron chi connectivity index (χ3n) is 2.57. The molecule has 1 rings (SSSR count). The molecule has 0 aliphatic rings. The molecule has 4 nitrogen and oxygen atoms in total. The molecule has 0 saturated carbocycles. The molecule has 0 bridgehead atoms. The molecule has 4 heteroatoms. The van der Waals surface area contributed by atoms with Crippen LogP contribution in [0.15, 0.2) is 18.2 Å². The Labute approximate surface area is 101 Å². The minimum Gasteiger partial charge on any atom is -0.481 e. The van der Waals surface area contributed by atoms with Gasteiger partial charge in [0.1, 0.15) is 6.07 Å². The molecule has 1 atom stereocenters. The summed E-state index contributed by atoms with van der Waals surface area (Å²) in [5, 5.41) is 20.9. The number of aliphatic carboxylic acids is 1. The maximum atomic E-state index is 10.7. The predicted octanol–water partition coefficient (Wildman–Crippen LogP) is 2.53. The summed E-state index contributed by atoms with van der Waals surface area (Å²) >= 11 is 0. The number of carboxylic acid groups (broad SMARTS) is 1. The van der Waals surface area contributed by atoms with Crippen LogP contribution in [0.25, 0.3) is 0 Å². The van der Waals surface area contributed by atoms with Gasteiger partial charge in [0.15, 0.2) is 0 Å². The summed E-state index contributed by atoms with van der Waals surface area (Å²) in [7, 11) is 0. The van der Waals surface area contributed by atoms with Gasteiger partial charge < -0.3 is 10.4 Å². The molecule has 2 N–H and O–H groups in total. The summed E-state index contributed by atoms with van der Waals surface area (Å²) in [6.07, 6.45) is 0.750. The standard InChI is InChI=1S/C13H16N2O2/c1-3-11(7-13(16)17)15-12-5-4-9(2)6-10(12)8-14/h4-6,11,15H,3,7H2,1-2H3,(H,16,17). The zero-order chi connectivity index (χ0) is 12.8. The molecule has 0 aromatic heterocycles. The van der Waals surface area contributed by atoms with Crippen molar-refractivity contribution in [3.8, 4) is 6.07 Å². The minimum absolute atomic E-state index is 0.0508. The van der Waals surface area contributed by atoms with E-state index in [9.17, 15) is 4.79 Å². The molecular weight excluding hydrogens is 216 g/mol. The van der Waals surface area contributed by atoms with E-state index >= 15 is 0 Å². The maximum Gasteiger partial charge on any atom is 0.305 e. The van der Waals surface area contributed by atoms with Crippen molar-refractivity contribution < 1.29 is 9.90 Å². The van der Waals surface area contributed by atoms with Gasteiger partial charge >= 0.3 is 5.97 Å². The van der Waals surface area contributed by atoms with Crippen LogP contribution in [-0.2, 0) is 4.79 Å². The Morgan fingerprint density at radius 2 is 2.29 bits per heavy atom. The van der Waals surface area contributed by atoms with Gasteiger partial charge in [-0.25, -0.2) is 0 Å². The fourth-order valence-electron chi connectivity index (χ4n) is 1.60. The lowest BCUT2D eigenvalue weighted by Gasteiger charge is -2.17. The molecule has 0 radical (unpaired) electrons. The molecule has 0 spiro atoms. The lowest BCUT2D eigenvalue weighted by atomic mass is 10.1. The van der Waals surface area contributed by atoms with Crippen molar-refractivity contribution in [2.45, 2.75) is 32.7 Å². The normalized spacial score (nSPS) is 11.6. The second-order valence-corrected chi connectivity index (χ2v) is 4.01. The van der Waals surface area contributed by atoms with Crippen LogP contribution in [0.4, 0.5) is 5.69 Å². The Bertz CT molecular complexity index is 449. The number of nitrogens with zero attached hydrogens (tertiary/aromatic N) is 1. The molecule has 0 aliphatic carbocycles. The molecule has 0 aliphatic heterocycles. The maximum absolute atomic E-state index is 10.7. The summed E-state index contributed by atoms with van der Waals surface area (Å²) in [5.74, 6) is -0.838. The summed E-state index contributed by atoms with van der Waals surface area (Å²) in [5.41, 5.74) is 2.26. The first-order valence-corrected chi connectivity index (χ1v) is 5.56.